The van der Waals surface area contributed by atoms with Crippen molar-refractivity contribution in [3.8, 4) is 0 Å². The summed E-state index contributed by atoms with van der Waals surface area (Å²) in [5, 5.41) is 0. The molecule has 0 unspecified atom stereocenters. The van der Waals surface area contributed by atoms with E-state index in [2.05, 4.69) is 0 Å². The molecule has 0 saturated carbocycles. The first-order valence-corrected chi connectivity index (χ1v) is 2.45. The van der Waals surface area contributed by atoms with Crippen molar-refractivity contribution in [2.45, 2.75) is 0 Å². The average molecular weight is 168 g/mol. The quantitative estimate of drug-likeness (QED) is 0.334. The van der Waals surface area contributed by atoms with E-state index < -0.39 is 9.05 Å². The maximum Gasteiger partial charge on any atom is 0 e. The standard InChI is InChI=1S/Co.O4Si.H2O/c;1-5(2,3)4;/h;;1H2/q;-4;/p-1. The van der Waals surface area contributed by atoms with Gasteiger partial charge in [0.1, 0.15) is 0 Å². The van der Waals surface area contributed by atoms with E-state index in [1.165, 1.54) is 0 Å². The van der Waals surface area contributed by atoms with Crippen LogP contribution in [0.3, 0.4) is 0 Å². The van der Waals surface area contributed by atoms with Crippen molar-refractivity contribution in [3.63, 3.8) is 0 Å². The van der Waals surface area contributed by atoms with Crippen LogP contribution in [0.2, 0.25) is 0 Å². The van der Waals surface area contributed by atoms with E-state index >= 15 is 0 Å². The minimum Gasteiger partial charge on any atom is -0.894 e. The average Bonchev–Trinajstić information content (AvgIpc) is 0.722. The minimum absolute atomic E-state index is 0. The van der Waals surface area contributed by atoms with Gasteiger partial charge in [-0.25, -0.2) is 0 Å². The zero-order valence-electron chi connectivity index (χ0n) is 2.91. The molecule has 0 aliphatic carbocycles. The summed E-state index contributed by atoms with van der Waals surface area (Å²) in [6.45, 7) is 0. The Labute approximate surface area is 51.2 Å². The van der Waals surface area contributed by atoms with E-state index in [0.717, 1.165) is 0 Å². The number of hydrogen-bond donors (Lipinski definition) is 0. The van der Waals surface area contributed by atoms with Crippen LogP contribution in [0.5, 0.6) is 0 Å². The fourth-order valence-corrected chi connectivity index (χ4v) is 0. The summed E-state index contributed by atoms with van der Waals surface area (Å²) in [6, 6.07) is 0. The molecule has 0 atom stereocenters. The molecule has 5 nitrogen and oxygen atoms in total. The second-order valence-electron chi connectivity index (χ2n) is 0.500. The Morgan fingerprint density at radius 2 is 0.857 bits per heavy atom. The second kappa shape index (κ2) is 4.68. The van der Waals surface area contributed by atoms with E-state index in [-0.39, 0.29) is 22.3 Å². The Hall–Kier alpha value is 0.523. The van der Waals surface area contributed by atoms with Gasteiger partial charge in [0, 0.05) is 16.8 Å². The van der Waals surface area contributed by atoms with Crippen LogP contribution < -0.4 is 19.2 Å². The van der Waals surface area contributed by atoms with Gasteiger partial charge in [-0.3, -0.25) is 0 Å². The monoisotopic (exact) mass is 168 g/mol. The summed E-state index contributed by atoms with van der Waals surface area (Å²) in [4.78, 5) is 34.3. The molecule has 1 radical (unpaired) electrons. The van der Waals surface area contributed by atoms with Crippen LogP contribution in [0.4, 0.5) is 0 Å². The smallest absolute Gasteiger partial charge is 0 e. The summed E-state index contributed by atoms with van der Waals surface area (Å²) in [5.41, 5.74) is 0. The van der Waals surface area contributed by atoms with Crippen LogP contribution >= 0.6 is 0 Å². The van der Waals surface area contributed by atoms with Crippen molar-refractivity contribution in [3.05, 3.63) is 0 Å². The molecule has 0 aromatic carbocycles. The van der Waals surface area contributed by atoms with Crippen LogP contribution in [0, 0.1) is 0 Å². The van der Waals surface area contributed by atoms with Gasteiger partial charge >= 0.3 is 0 Å². The Morgan fingerprint density at radius 3 is 0.857 bits per heavy atom. The molecule has 0 aliphatic heterocycles. The summed E-state index contributed by atoms with van der Waals surface area (Å²) in [6.07, 6.45) is 0. The molecule has 0 aliphatic rings. The van der Waals surface area contributed by atoms with Crippen LogP contribution in [-0.2, 0) is 16.8 Å². The van der Waals surface area contributed by atoms with Crippen molar-refractivity contribution in [1.29, 1.82) is 0 Å². The molecular weight excluding hydrogens is 167 g/mol. The zero-order chi connectivity index (χ0) is 4.50. The van der Waals surface area contributed by atoms with Gasteiger partial charge in [-0.15, -0.1) is 0 Å². The van der Waals surface area contributed by atoms with E-state index in [1.54, 1.807) is 0 Å². The molecule has 0 saturated heterocycles. The summed E-state index contributed by atoms with van der Waals surface area (Å²) >= 11 is 0. The molecule has 0 aromatic rings. The molecule has 0 heterocycles. The Balaban J connectivity index is -0.0000000800. The predicted octanol–water partition coefficient (Wildman–Crippen LogP) is -5.32. The maximum absolute atomic E-state index is 8.58. The van der Waals surface area contributed by atoms with Gasteiger partial charge in [-0.2, -0.15) is 0 Å². The van der Waals surface area contributed by atoms with E-state index in [9.17, 15) is 0 Å². The van der Waals surface area contributed by atoms with Crippen LogP contribution in [0.1, 0.15) is 0 Å². The van der Waals surface area contributed by atoms with Crippen molar-refractivity contribution in [1.82, 2.24) is 0 Å². The first kappa shape index (κ1) is 15.6. The maximum atomic E-state index is 8.58. The second-order valence-corrected chi connectivity index (χ2v) is 1.50. The summed E-state index contributed by atoms with van der Waals surface area (Å²) in [7, 11) is -5.61. The van der Waals surface area contributed by atoms with Crippen molar-refractivity contribution < 1.29 is 41.4 Å². The molecule has 0 rings (SSSR count). The number of hydrogen-bond acceptors (Lipinski definition) is 5. The fourth-order valence-electron chi connectivity index (χ4n) is 0. The molecule has 7 heavy (non-hydrogen) atoms. The predicted molar refractivity (Wildman–Crippen MR) is 7.69 cm³/mol. The molecule has 0 bridgehead atoms. The van der Waals surface area contributed by atoms with Crippen molar-refractivity contribution >= 4 is 9.05 Å². The van der Waals surface area contributed by atoms with E-state index in [0.29, 0.717) is 0 Å². The van der Waals surface area contributed by atoms with Gasteiger partial charge in [-0.05, 0) is 0 Å². The molecule has 1 N–H and O–H groups in total. The molecule has 0 spiro atoms. The van der Waals surface area contributed by atoms with Gasteiger partial charge in [0.05, 0.1) is 0 Å². The molecular formula is HCoO5Si-5. The van der Waals surface area contributed by atoms with Gasteiger partial charge in [0.25, 0.3) is 0 Å². The van der Waals surface area contributed by atoms with Crippen molar-refractivity contribution in [2.75, 3.05) is 0 Å². The third kappa shape index (κ3) is 487. The summed E-state index contributed by atoms with van der Waals surface area (Å²) < 4.78 is 0. The largest absolute Gasteiger partial charge is 0.894 e. The Kier molecular flexibility index (Phi) is 10.5. The number of rotatable bonds is 0. The van der Waals surface area contributed by atoms with Gasteiger partial charge in [0.15, 0.2) is 0 Å². The fraction of sp³-hybridized carbons (Fsp3) is 0. The topological polar surface area (TPSA) is 122 Å². The van der Waals surface area contributed by atoms with Gasteiger partial charge in [-0.1, -0.05) is 0 Å². The Morgan fingerprint density at radius 1 is 0.857 bits per heavy atom. The van der Waals surface area contributed by atoms with Gasteiger partial charge < -0.3 is 33.7 Å². The summed E-state index contributed by atoms with van der Waals surface area (Å²) in [5.74, 6) is 0. The molecule has 7 heteroatoms. The third-order valence-corrected chi connectivity index (χ3v) is 0. The third-order valence-electron chi connectivity index (χ3n) is 0. The molecule has 0 amide bonds. The van der Waals surface area contributed by atoms with Crippen LogP contribution in [0.15, 0.2) is 0 Å². The SMILES string of the molecule is [Co].[O-][Si]([O-])([O-])[O-].[OH-]. The normalized spacial score (nSPS) is 8.57. The zero-order valence-corrected chi connectivity index (χ0v) is 4.95. The van der Waals surface area contributed by atoms with Crippen LogP contribution in [-0.4, -0.2) is 14.5 Å². The Bertz CT molecular complexity index is 23.6. The first-order chi connectivity index (χ1) is 2.00. The van der Waals surface area contributed by atoms with Gasteiger partial charge in [0.2, 0.25) is 0 Å². The van der Waals surface area contributed by atoms with E-state index in [1.807, 2.05) is 0 Å². The molecule has 0 fully saturated rings. The minimum atomic E-state index is -5.61. The van der Waals surface area contributed by atoms with Crippen molar-refractivity contribution in [2.24, 2.45) is 0 Å². The van der Waals surface area contributed by atoms with Crippen LogP contribution in [0.25, 0.3) is 0 Å². The molecule has 49 valence electrons. The van der Waals surface area contributed by atoms with E-state index in [4.69, 9.17) is 19.2 Å². The molecule has 0 aromatic heterocycles. The first-order valence-electron chi connectivity index (χ1n) is 0.816.